The lowest BCUT2D eigenvalue weighted by Gasteiger charge is -2.23. The molecule has 28 heavy (non-hydrogen) atoms. The van der Waals surface area contributed by atoms with Crippen LogP contribution in [-0.4, -0.2) is 64.0 Å². The van der Waals surface area contributed by atoms with Gasteiger partial charge in [-0.1, -0.05) is 0 Å². The van der Waals surface area contributed by atoms with Crippen molar-refractivity contribution in [3.63, 3.8) is 0 Å². The first-order valence-corrected chi connectivity index (χ1v) is 9.62. The molecule has 1 unspecified atom stereocenters. The van der Waals surface area contributed by atoms with E-state index in [1.807, 2.05) is 33.2 Å². The van der Waals surface area contributed by atoms with Crippen molar-refractivity contribution in [3.8, 4) is 0 Å². The van der Waals surface area contributed by atoms with Gasteiger partial charge in [0.2, 0.25) is 5.82 Å². The summed E-state index contributed by atoms with van der Waals surface area (Å²) in [5.41, 5.74) is 2.95. The lowest BCUT2D eigenvalue weighted by molar-refractivity contribution is 0.0815. The Kier molecular flexibility index (Phi) is 5.88. The molecule has 1 amide bonds. The highest BCUT2D eigenvalue weighted by atomic mass is 16.2. The standard InChI is InChI=1S/C20H29N7O/c1-12-13(2)24-18(20(28)26(5)6)25-19(12)27-8-7-17(11-27)23-14(3)16-9-21-15(4)22-10-16/h9-10,14,17,23H,7-8,11H2,1-6H3/t14?,17-/m1/s1. The second-order valence-corrected chi connectivity index (χ2v) is 7.66. The Morgan fingerprint density at radius 3 is 2.54 bits per heavy atom. The number of hydrogen-bond acceptors (Lipinski definition) is 7. The molecule has 0 bridgehead atoms. The first-order valence-electron chi connectivity index (χ1n) is 9.62. The van der Waals surface area contributed by atoms with E-state index in [0.717, 1.165) is 48.0 Å². The fourth-order valence-corrected chi connectivity index (χ4v) is 3.38. The predicted molar refractivity (Wildman–Crippen MR) is 108 cm³/mol. The minimum Gasteiger partial charge on any atom is -0.355 e. The Bertz CT molecular complexity index is 850. The van der Waals surface area contributed by atoms with E-state index in [0.29, 0.717) is 6.04 Å². The summed E-state index contributed by atoms with van der Waals surface area (Å²) in [5, 5.41) is 3.66. The fourth-order valence-electron chi connectivity index (χ4n) is 3.38. The number of anilines is 1. The molecule has 8 nitrogen and oxygen atoms in total. The van der Waals surface area contributed by atoms with Crippen molar-refractivity contribution in [3.05, 3.63) is 40.9 Å². The quantitative estimate of drug-likeness (QED) is 0.843. The summed E-state index contributed by atoms with van der Waals surface area (Å²) in [7, 11) is 3.43. The number of nitrogens with zero attached hydrogens (tertiary/aromatic N) is 6. The molecular weight excluding hydrogens is 354 g/mol. The van der Waals surface area contributed by atoms with Crippen LogP contribution in [0.4, 0.5) is 5.82 Å². The maximum atomic E-state index is 12.3. The van der Waals surface area contributed by atoms with Gasteiger partial charge in [0.05, 0.1) is 0 Å². The Balaban J connectivity index is 1.72. The van der Waals surface area contributed by atoms with Gasteiger partial charge in [-0.25, -0.2) is 19.9 Å². The van der Waals surface area contributed by atoms with Gasteiger partial charge in [-0.15, -0.1) is 0 Å². The van der Waals surface area contributed by atoms with Crippen LogP contribution in [0.25, 0.3) is 0 Å². The molecule has 3 heterocycles. The zero-order chi connectivity index (χ0) is 20.4. The largest absolute Gasteiger partial charge is 0.355 e. The maximum Gasteiger partial charge on any atom is 0.291 e. The van der Waals surface area contributed by atoms with Crippen LogP contribution in [0.1, 0.15) is 52.7 Å². The van der Waals surface area contributed by atoms with Crippen LogP contribution in [0.5, 0.6) is 0 Å². The van der Waals surface area contributed by atoms with Gasteiger partial charge >= 0.3 is 0 Å². The van der Waals surface area contributed by atoms with E-state index in [-0.39, 0.29) is 17.8 Å². The van der Waals surface area contributed by atoms with Crippen molar-refractivity contribution in [2.45, 2.75) is 46.2 Å². The van der Waals surface area contributed by atoms with Crippen LogP contribution in [0.2, 0.25) is 0 Å². The smallest absolute Gasteiger partial charge is 0.291 e. The van der Waals surface area contributed by atoms with Crippen LogP contribution in [-0.2, 0) is 0 Å². The van der Waals surface area contributed by atoms with E-state index in [1.165, 1.54) is 4.90 Å². The van der Waals surface area contributed by atoms with Crippen molar-refractivity contribution in [1.82, 2.24) is 30.2 Å². The average Bonchev–Trinajstić information content (AvgIpc) is 3.11. The Morgan fingerprint density at radius 2 is 1.89 bits per heavy atom. The van der Waals surface area contributed by atoms with Gasteiger partial charge in [0.1, 0.15) is 11.6 Å². The van der Waals surface area contributed by atoms with E-state index < -0.39 is 0 Å². The van der Waals surface area contributed by atoms with Gasteiger partial charge in [-0.2, -0.15) is 0 Å². The molecule has 1 aliphatic heterocycles. The van der Waals surface area contributed by atoms with Gasteiger partial charge in [0.25, 0.3) is 5.91 Å². The molecule has 0 aliphatic carbocycles. The lowest BCUT2D eigenvalue weighted by atomic mass is 10.1. The van der Waals surface area contributed by atoms with Crippen molar-refractivity contribution in [1.29, 1.82) is 0 Å². The van der Waals surface area contributed by atoms with Gasteiger partial charge in [-0.05, 0) is 34.1 Å². The highest BCUT2D eigenvalue weighted by Crippen LogP contribution is 2.25. The number of carbonyl (C=O) groups is 1. The zero-order valence-corrected chi connectivity index (χ0v) is 17.5. The Hall–Kier alpha value is -2.61. The molecule has 2 atom stereocenters. The number of carbonyl (C=O) groups excluding carboxylic acids is 1. The lowest BCUT2D eigenvalue weighted by Crippen LogP contribution is -2.35. The fraction of sp³-hybridized carbons (Fsp3) is 0.550. The van der Waals surface area contributed by atoms with E-state index in [4.69, 9.17) is 0 Å². The molecule has 1 fully saturated rings. The molecule has 3 rings (SSSR count). The second kappa shape index (κ2) is 8.18. The van der Waals surface area contributed by atoms with Crippen LogP contribution in [0, 0.1) is 20.8 Å². The maximum absolute atomic E-state index is 12.3. The summed E-state index contributed by atoms with van der Waals surface area (Å²) in [6.45, 7) is 9.69. The summed E-state index contributed by atoms with van der Waals surface area (Å²) >= 11 is 0. The summed E-state index contributed by atoms with van der Waals surface area (Å²) in [4.78, 5) is 33.6. The number of hydrogen-bond donors (Lipinski definition) is 1. The summed E-state index contributed by atoms with van der Waals surface area (Å²) in [6.07, 6.45) is 4.77. The van der Waals surface area contributed by atoms with Crippen molar-refractivity contribution < 1.29 is 4.79 Å². The topological polar surface area (TPSA) is 87.1 Å². The Labute approximate surface area is 166 Å². The zero-order valence-electron chi connectivity index (χ0n) is 17.5. The molecule has 1 N–H and O–H groups in total. The highest BCUT2D eigenvalue weighted by molar-refractivity contribution is 5.90. The first kappa shape index (κ1) is 20.1. The molecule has 0 saturated carbocycles. The predicted octanol–water partition coefficient (Wildman–Crippen LogP) is 1.82. The monoisotopic (exact) mass is 383 g/mol. The summed E-state index contributed by atoms with van der Waals surface area (Å²) in [6, 6.07) is 0.503. The molecular formula is C20H29N7O. The average molecular weight is 384 g/mol. The second-order valence-electron chi connectivity index (χ2n) is 7.66. The van der Waals surface area contributed by atoms with Gasteiger partial charge < -0.3 is 15.1 Å². The minimum absolute atomic E-state index is 0.171. The highest BCUT2D eigenvalue weighted by Gasteiger charge is 2.28. The van der Waals surface area contributed by atoms with Gasteiger partial charge in [-0.3, -0.25) is 4.79 Å². The van der Waals surface area contributed by atoms with Crippen molar-refractivity contribution in [2.75, 3.05) is 32.1 Å². The molecule has 0 aromatic carbocycles. The number of rotatable bonds is 5. The molecule has 0 radical (unpaired) electrons. The van der Waals surface area contributed by atoms with Crippen molar-refractivity contribution >= 4 is 11.7 Å². The molecule has 2 aromatic heterocycles. The van der Waals surface area contributed by atoms with Crippen LogP contribution >= 0.6 is 0 Å². The summed E-state index contributed by atoms with van der Waals surface area (Å²) in [5.74, 6) is 1.71. The van der Waals surface area contributed by atoms with Gasteiger partial charge in [0.15, 0.2) is 0 Å². The van der Waals surface area contributed by atoms with Crippen LogP contribution in [0.3, 0.4) is 0 Å². The van der Waals surface area contributed by atoms with E-state index in [1.54, 1.807) is 14.1 Å². The Morgan fingerprint density at radius 1 is 1.21 bits per heavy atom. The molecule has 2 aromatic rings. The van der Waals surface area contributed by atoms with E-state index in [2.05, 4.69) is 37.1 Å². The molecule has 8 heteroatoms. The number of aromatic nitrogens is 4. The number of aryl methyl sites for hydroxylation is 2. The molecule has 0 spiro atoms. The van der Waals surface area contributed by atoms with Gasteiger partial charge in [0, 0.05) is 68.5 Å². The normalized spacial score (nSPS) is 17.6. The third kappa shape index (κ3) is 4.27. The van der Waals surface area contributed by atoms with E-state index in [9.17, 15) is 4.79 Å². The number of nitrogens with one attached hydrogen (secondary N) is 1. The van der Waals surface area contributed by atoms with Crippen molar-refractivity contribution in [2.24, 2.45) is 0 Å². The third-order valence-corrected chi connectivity index (χ3v) is 5.24. The number of amides is 1. The first-order chi connectivity index (χ1) is 13.3. The molecule has 1 aliphatic rings. The molecule has 150 valence electrons. The molecule has 1 saturated heterocycles. The third-order valence-electron chi connectivity index (χ3n) is 5.24. The summed E-state index contributed by atoms with van der Waals surface area (Å²) < 4.78 is 0. The van der Waals surface area contributed by atoms with Crippen LogP contribution in [0.15, 0.2) is 12.4 Å². The van der Waals surface area contributed by atoms with Crippen LogP contribution < -0.4 is 10.2 Å². The minimum atomic E-state index is -0.175. The SMILES string of the molecule is Cc1ncc(C(C)N[C@@H]2CCN(c3nc(C(=O)N(C)C)nc(C)c3C)C2)cn1. The van der Waals surface area contributed by atoms with E-state index >= 15 is 0 Å².